The van der Waals surface area contributed by atoms with Crippen LogP contribution in [0.5, 0.6) is 11.5 Å². The van der Waals surface area contributed by atoms with Crippen molar-refractivity contribution < 1.29 is 15.1 Å². The first-order valence-electron chi connectivity index (χ1n) is 6.00. The molecule has 0 aliphatic carbocycles. The molecule has 0 aliphatic rings. The zero-order valence-corrected chi connectivity index (χ0v) is 10.8. The molecule has 6 nitrogen and oxygen atoms in total. The smallest absolute Gasteiger partial charge is 0.271 e. The lowest BCUT2D eigenvalue weighted by Gasteiger charge is -2.17. The van der Waals surface area contributed by atoms with E-state index < -0.39 is 4.92 Å². The summed E-state index contributed by atoms with van der Waals surface area (Å²) in [5.74, 6) is 0.0960. The van der Waals surface area contributed by atoms with Crippen molar-refractivity contribution in [2.45, 2.75) is 13.0 Å². The lowest BCUT2D eigenvalue weighted by Crippen LogP contribution is -2.07. The van der Waals surface area contributed by atoms with Crippen LogP contribution in [0.25, 0.3) is 0 Å². The number of hydrogen-bond donors (Lipinski definition) is 3. The van der Waals surface area contributed by atoms with Crippen LogP contribution in [0.15, 0.2) is 42.5 Å². The number of nitrogens with one attached hydrogen (secondary N) is 1. The van der Waals surface area contributed by atoms with Gasteiger partial charge in [0.05, 0.1) is 11.0 Å². The Morgan fingerprint density at radius 2 is 1.95 bits per heavy atom. The van der Waals surface area contributed by atoms with Crippen LogP contribution in [-0.4, -0.2) is 15.1 Å². The van der Waals surface area contributed by atoms with Gasteiger partial charge < -0.3 is 15.5 Å². The molecule has 0 aromatic heterocycles. The summed E-state index contributed by atoms with van der Waals surface area (Å²) in [6.07, 6.45) is 0. The van der Waals surface area contributed by atoms with Crippen molar-refractivity contribution >= 4 is 11.4 Å². The summed E-state index contributed by atoms with van der Waals surface area (Å²) < 4.78 is 0. The van der Waals surface area contributed by atoms with Gasteiger partial charge in [0.1, 0.15) is 11.5 Å². The van der Waals surface area contributed by atoms with Crippen LogP contribution in [0, 0.1) is 10.1 Å². The molecule has 0 saturated heterocycles. The average Bonchev–Trinajstić information content (AvgIpc) is 2.41. The summed E-state index contributed by atoms with van der Waals surface area (Å²) in [7, 11) is 0. The fourth-order valence-electron chi connectivity index (χ4n) is 1.93. The van der Waals surface area contributed by atoms with E-state index in [-0.39, 0.29) is 23.2 Å². The normalized spacial score (nSPS) is 11.8. The summed E-state index contributed by atoms with van der Waals surface area (Å²) >= 11 is 0. The molecule has 2 aromatic rings. The number of benzene rings is 2. The van der Waals surface area contributed by atoms with Gasteiger partial charge in [-0.15, -0.1) is 0 Å². The van der Waals surface area contributed by atoms with E-state index in [1.165, 1.54) is 30.3 Å². The molecule has 104 valence electrons. The minimum Gasteiger partial charge on any atom is -0.508 e. The monoisotopic (exact) mass is 274 g/mol. The van der Waals surface area contributed by atoms with E-state index in [9.17, 15) is 20.3 Å². The van der Waals surface area contributed by atoms with Crippen LogP contribution in [-0.2, 0) is 0 Å². The molecule has 3 N–H and O–H groups in total. The van der Waals surface area contributed by atoms with Crippen molar-refractivity contribution in [1.82, 2.24) is 0 Å². The maximum Gasteiger partial charge on any atom is 0.271 e. The number of aromatic hydroxyl groups is 2. The van der Waals surface area contributed by atoms with E-state index in [1.807, 2.05) is 0 Å². The van der Waals surface area contributed by atoms with Crippen molar-refractivity contribution in [1.29, 1.82) is 0 Å². The summed E-state index contributed by atoms with van der Waals surface area (Å²) in [5, 5.41) is 33.0. The quantitative estimate of drug-likeness (QED) is 0.452. The minimum absolute atomic E-state index is 0.0117. The Kier molecular flexibility index (Phi) is 3.74. The number of non-ortho nitro benzene ring substituents is 1. The highest BCUT2D eigenvalue weighted by molar-refractivity contribution is 5.53. The van der Waals surface area contributed by atoms with Gasteiger partial charge in [-0.2, -0.15) is 0 Å². The van der Waals surface area contributed by atoms with Gasteiger partial charge >= 0.3 is 0 Å². The highest BCUT2D eigenvalue weighted by Gasteiger charge is 2.13. The first kappa shape index (κ1) is 13.7. The molecule has 1 atom stereocenters. The molecule has 0 radical (unpaired) electrons. The molecule has 0 bridgehead atoms. The van der Waals surface area contributed by atoms with E-state index in [0.717, 1.165) is 0 Å². The summed E-state index contributed by atoms with van der Waals surface area (Å²) in [6.45, 7) is 1.79. The summed E-state index contributed by atoms with van der Waals surface area (Å²) in [6, 6.07) is 10.0. The van der Waals surface area contributed by atoms with Crippen LogP contribution >= 0.6 is 0 Å². The van der Waals surface area contributed by atoms with Crippen LogP contribution in [0.2, 0.25) is 0 Å². The van der Waals surface area contributed by atoms with Crippen molar-refractivity contribution in [2.24, 2.45) is 0 Å². The van der Waals surface area contributed by atoms with Crippen molar-refractivity contribution in [3.05, 3.63) is 58.1 Å². The van der Waals surface area contributed by atoms with Gasteiger partial charge in [0.25, 0.3) is 5.69 Å². The van der Waals surface area contributed by atoms with Gasteiger partial charge in [0, 0.05) is 23.4 Å². The third kappa shape index (κ3) is 2.97. The van der Waals surface area contributed by atoms with Gasteiger partial charge in [-0.3, -0.25) is 10.1 Å². The molecular weight excluding hydrogens is 260 g/mol. The zero-order chi connectivity index (χ0) is 14.7. The molecule has 0 aliphatic heterocycles. The Balaban J connectivity index is 2.23. The standard InChI is InChI=1S/C14H14N2O4/c1-9(13-8-12(17)5-6-14(13)18)15-10-3-2-4-11(7-10)16(19)20/h2-9,15,17-18H,1H3. The molecule has 6 heteroatoms. The molecule has 20 heavy (non-hydrogen) atoms. The molecular formula is C14H14N2O4. The van der Waals surface area contributed by atoms with E-state index in [1.54, 1.807) is 19.1 Å². The molecule has 2 aromatic carbocycles. The zero-order valence-electron chi connectivity index (χ0n) is 10.8. The topological polar surface area (TPSA) is 95.6 Å². The number of rotatable bonds is 4. The molecule has 0 amide bonds. The summed E-state index contributed by atoms with van der Waals surface area (Å²) in [5.41, 5.74) is 1.06. The number of nitro benzene ring substituents is 1. The highest BCUT2D eigenvalue weighted by Crippen LogP contribution is 2.30. The molecule has 1 unspecified atom stereocenters. The maximum absolute atomic E-state index is 10.7. The maximum atomic E-state index is 10.7. The number of anilines is 1. The van der Waals surface area contributed by atoms with E-state index in [2.05, 4.69) is 5.32 Å². The number of hydrogen-bond acceptors (Lipinski definition) is 5. The Labute approximate surface area is 115 Å². The van der Waals surface area contributed by atoms with Crippen molar-refractivity contribution in [2.75, 3.05) is 5.32 Å². The van der Waals surface area contributed by atoms with E-state index in [0.29, 0.717) is 11.3 Å². The number of phenols is 2. The van der Waals surface area contributed by atoms with E-state index >= 15 is 0 Å². The first-order valence-corrected chi connectivity index (χ1v) is 6.00. The second-order valence-corrected chi connectivity index (χ2v) is 4.42. The lowest BCUT2D eigenvalue weighted by molar-refractivity contribution is -0.384. The third-order valence-corrected chi connectivity index (χ3v) is 2.92. The Hall–Kier alpha value is -2.76. The molecule has 0 saturated carbocycles. The van der Waals surface area contributed by atoms with Gasteiger partial charge in [-0.05, 0) is 31.2 Å². The number of nitrogens with zero attached hydrogens (tertiary/aromatic N) is 1. The second-order valence-electron chi connectivity index (χ2n) is 4.42. The fraction of sp³-hybridized carbons (Fsp3) is 0.143. The average molecular weight is 274 g/mol. The largest absolute Gasteiger partial charge is 0.508 e. The van der Waals surface area contributed by atoms with Gasteiger partial charge in [-0.25, -0.2) is 0 Å². The predicted octanol–water partition coefficient (Wildman–Crippen LogP) is 3.18. The Morgan fingerprint density at radius 3 is 2.65 bits per heavy atom. The van der Waals surface area contributed by atoms with Gasteiger partial charge in [0.2, 0.25) is 0 Å². The van der Waals surface area contributed by atoms with E-state index in [4.69, 9.17) is 0 Å². The molecule has 0 spiro atoms. The predicted molar refractivity (Wildman–Crippen MR) is 74.9 cm³/mol. The van der Waals surface area contributed by atoms with Crippen LogP contribution in [0.4, 0.5) is 11.4 Å². The molecule has 0 fully saturated rings. The van der Waals surface area contributed by atoms with Crippen LogP contribution < -0.4 is 5.32 Å². The van der Waals surface area contributed by atoms with Crippen LogP contribution in [0.3, 0.4) is 0 Å². The molecule has 0 heterocycles. The minimum atomic E-state index is -0.471. The Morgan fingerprint density at radius 1 is 1.20 bits per heavy atom. The number of nitro groups is 1. The van der Waals surface area contributed by atoms with Gasteiger partial charge in [0.15, 0.2) is 0 Å². The lowest BCUT2D eigenvalue weighted by atomic mass is 10.1. The second kappa shape index (κ2) is 5.48. The van der Waals surface area contributed by atoms with Crippen molar-refractivity contribution in [3.8, 4) is 11.5 Å². The fourth-order valence-corrected chi connectivity index (χ4v) is 1.93. The summed E-state index contributed by atoms with van der Waals surface area (Å²) in [4.78, 5) is 10.2. The van der Waals surface area contributed by atoms with Crippen LogP contribution in [0.1, 0.15) is 18.5 Å². The first-order chi connectivity index (χ1) is 9.47. The Bertz CT molecular complexity index is 643. The SMILES string of the molecule is CC(Nc1cccc([N+](=O)[O-])c1)c1cc(O)ccc1O. The third-order valence-electron chi connectivity index (χ3n) is 2.92. The van der Waals surface area contributed by atoms with Crippen molar-refractivity contribution in [3.63, 3.8) is 0 Å². The molecule has 2 rings (SSSR count). The number of phenolic OH excluding ortho intramolecular Hbond substituents is 2. The highest BCUT2D eigenvalue weighted by atomic mass is 16.6. The van der Waals surface area contributed by atoms with Gasteiger partial charge in [-0.1, -0.05) is 6.07 Å².